The standard InChI is InChI=1S/C14H15Br2N3O2/c1-17-12(9-6-8(15)4-5-10(9)16)13-14(21-3)19-11(20-2)7-18-13/h4-7,12,17H,1-3H3. The fraction of sp³-hybridized carbons (Fsp3) is 0.286. The molecule has 1 unspecified atom stereocenters. The molecule has 2 rings (SSSR count). The van der Waals surface area contributed by atoms with Crippen molar-refractivity contribution in [1.82, 2.24) is 15.3 Å². The van der Waals surface area contributed by atoms with Gasteiger partial charge in [0.2, 0.25) is 11.8 Å². The lowest BCUT2D eigenvalue weighted by molar-refractivity contribution is 0.353. The molecule has 0 aliphatic carbocycles. The quantitative estimate of drug-likeness (QED) is 0.810. The molecule has 0 fully saturated rings. The van der Waals surface area contributed by atoms with Crippen LogP contribution in [0.5, 0.6) is 11.8 Å². The Labute approximate surface area is 140 Å². The number of aromatic nitrogens is 2. The Morgan fingerprint density at radius 1 is 1.19 bits per heavy atom. The Morgan fingerprint density at radius 2 is 1.95 bits per heavy atom. The van der Waals surface area contributed by atoms with Gasteiger partial charge in [0, 0.05) is 8.95 Å². The van der Waals surface area contributed by atoms with Gasteiger partial charge in [-0.1, -0.05) is 31.9 Å². The lowest BCUT2D eigenvalue weighted by atomic mass is 10.0. The molecule has 0 spiro atoms. The van der Waals surface area contributed by atoms with Crippen molar-refractivity contribution in [1.29, 1.82) is 0 Å². The molecular weight excluding hydrogens is 402 g/mol. The first-order chi connectivity index (χ1) is 10.1. The summed E-state index contributed by atoms with van der Waals surface area (Å²) in [6.45, 7) is 0. The zero-order valence-corrected chi connectivity index (χ0v) is 15.0. The van der Waals surface area contributed by atoms with Gasteiger partial charge in [0.1, 0.15) is 5.69 Å². The van der Waals surface area contributed by atoms with Crippen LogP contribution in [0.25, 0.3) is 0 Å². The van der Waals surface area contributed by atoms with E-state index < -0.39 is 0 Å². The van der Waals surface area contributed by atoms with Crippen LogP contribution in [0.1, 0.15) is 17.3 Å². The van der Waals surface area contributed by atoms with Crippen LogP contribution in [-0.4, -0.2) is 31.2 Å². The first-order valence-corrected chi connectivity index (χ1v) is 7.76. The van der Waals surface area contributed by atoms with Crippen LogP contribution in [0.3, 0.4) is 0 Å². The van der Waals surface area contributed by atoms with Gasteiger partial charge in [-0.15, -0.1) is 0 Å². The van der Waals surface area contributed by atoms with E-state index in [0.29, 0.717) is 17.5 Å². The Bertz CT molecular complexity index is 638. The number of benzene rings is 1. The van der Waals surface area contributed by atoms with Gasteiger partial charge >= 0.3 is 0 Å². The van der Waals surface area contributed by atoms with Gasteiger partial charge in [-0.25, -0.2) is 4.98 Å². The zero-order chi connectivity index (χ0) is 15.4. The number of hydrogen-bond donors (Lipinski definition) is 1. The predicted molar refractivity (Wildman–Crippen MR) is 87.9 cm³/mol. The molecule has 21 heavy (non-hydrogen) atoms. The third-order valence-electron chi connectivity index (χ3n) is 2.98. The van der Waals surface area contributed by atoms with E-state index in [1.807, 2.05) is 25.2 Å². The molecule has 7 heteroatoms. The SMILES string of the molecule is CNC(c1cc(Br)ccc1Br)c1ncc(OC)nc1OC. The molecule has 5 nitrogen and oxygen atoms in total. The van der Waals surface area contributed by atoms with E-state index in [1.165, 1.54) is 0 Å². The molecule has 0 amide bonds. The second-order valence-electron chi connectivity index (χ2n) is 4.19. The summed E-state index contributed by atoms with van der Waals surface area (Å²) >= 11 is 7.06. The summed E-state index contributed by atoms with van der Waals surface area (Å²) in [6.07, 6.45) is 1.58. The number of halogens is 2. The van der Waals surface area contributed by atoms with Crippen LogP contribution in [0.4, 0.5) is 0 Å². The topological polar surface area (TPSA) is 56.3 Å². The second-order valence-corrected chi connectivity index (χ2v) is 5.96. The maximum absolute atomic E-state index is 5.34. The number of methoxy groups -OCH3 is 2. The summed E-state index contributed by atoms with van der Waals surface area (Å²) in [4.78, 5) is 8.71. The average Bonchev–Trinajstić information content (AvgIpc) is 2.51. The van der Waals surface area contributed by atoms with Crippen molar-refractivity contribution in [3.05, 3.63) is 44.6 Å². The fourth-order valence-electron chi connectivity index (χ4n) is 1.99. The molecule has 0 saturated carbocycles. The van der Waals surface area contributed by atoms with Gasteiger partial charge in [0.05, 0.1) is 26.5 Å². The molecule has 1 aromatic carbocycles. The van der Waals surface area contributed by atoms with Gasteiger partial charge < -0.3 is 14.8 Å². The highest BCUT2D eigenvalue weighted by Crippen LogP contribution is 2.33. The molecular formula is C14H15Br2N3O2. The maximum atomic E-state index is 5.34. The lowest BCUT2D eigenvalue weighted by Crippen LogP contribution is -2.21. The first kappa shape index (κ1) is 16.2. The van der Waals surface area contributed by atoms with E-state index in [9.17, 15) is 0 Å². The van der Waals surface area contributed by atoms with E-state index in [1.54, 1.807) is 20.4 Å². The normalized spacial score (nSPS) is 12.0. The molecule has 0 saturated heterocycles. The summed E-state index contributed by atoms with van der Waals surface area (Å²) in [5.74, 6) is 0.847. The van der Waals surface area contributed by atoms with Crippen LogP contribution in [0, 0.1) is 0 Å². The largest absolute Gasteiger partial charge is 0.480 e. The Morgan fingerprint density at radius 3 is 2.57 bits per heavy atom. The van der Waals surface area contributed by atoms with Crippen LogP contribution < -0.4 is 14.8 Å². The monoisotopic (exact) mass is 415 g/mol. The number of hydrogen-bond acceptors (Lipinski definition) is 5. The summed E-state index contributed by atoms with van der Waals surface area (Å²) in [5.41, 5.74) is 1.73. The van der Waals surface area contributed by atoms with Crippen molar-refractivity contribution in [3.8, 4) is 11.8 Å². The molecule has 0 bridgehead atoms. The van der Waals surface area contributed by atoms with E-state index >= 15 is 0 Å². The number of nitrogens with zero attached hydrogens (tertiary/aromatic N) is 2. The van der Waals surface area contributed by atoms with Gasteiger partial charge in [-0.05, 0) is 30.8 Å². The minimum absolute atomic E-state index is 0.162. The van der Waals surface area contributed by atoms with Gasteiger partial charge in [0.25, 0.3) is 0 Å². The van der Waals surface area contributed by atoms with Crippen molar-refractivity contribution < 1.29 is 9.47 Å². The van der Waals surface area contributed by atoms with Crippen molar-refractivity contribution in [3.63, 3.8) is 0 Å². The van der Waals surface area contributed by atoms with E-state index in [0.717, 1.165) is 14.5 Å². The third kappa shape index (κ3) is 3.53. The highest BCUT2D eigenvalue weighted by atomic mass is 79.9. The number of nitrogens with one attached hydrogen (secondary N) is 1. The molecule has 0 radical (unpaired) electrons. The lowest BCUT2D eigenvalue weighted by Gasteiger charge is -2.19. The summed E-state index contributed by atoms with van der Waals surface area (Å²) < 4.78 is 12.4. The predicted octanol–water partition coefficient (Wildman–Crippen LogP) is 3.33. The molecule has 1 atom stereocenters. The molecule has 112 valence electrons. The van der Waals surface area contributed by atoms with Crippen molar-refractivity contribution in [2.45, 2.75) is 6.04 Å². The summed E-state index contributed by atoms with van der Waals surface area (Å²) in [7, 11) is 4.97. The van der Waals surface area contributed by atoms with E-state index in [4.69, 9.17) is 9.47 Å². The Kier molecular flexibility index (Phi) is 5.55. The molecule has 1 aromatic heterocycles. The fourth-order valence-corrected chi connectivity index (χ4v) is 2.84. The van der Waals surface area contributed by atoms with Gasteiger partial charge in [0.15, 0.2) is 0 Å². The third-order valence-corrected chi connectivity index (χ3v) is 4.19. The highest BCUT2D eigenvalue weighted by molar-refractivity contribution is 9.11. The second kappa shape index (κ2) is 7.20. The highest BCUT2D eigenvalue weighted by Gasteiger charge is 2.22. The van der Waals surface area contributed by atoms with Crippen LogP contribution >= 0.6 is 31.9 Å². The van der Waals surface area contributed by atoms with Crippen molar-refractivity contribution >= 4 is 31.9 Å². The smallest absolute Gasteiger partial charge is 0.240 e. The maximum Gasteiger partial charge on any atom is 0.240 e. The molecule has 2 aromatic rings. The van der Waals surface area contributed by atoms with Gasteiger partial charge in [-0.2, -0.15) is 4.98 Å². The van der Waals surface area contributed by atoms with Crippen LogP contribution in [0.2, 0.25) is 0 Å². The Balaban J connectivity index is 2.53. The minimum atomic E-state index is -0.162. The van der Waals surface area contributed by atoms with Crippen molar-refractivity contribution in [2.24, 2.45) is 0 Å². The number of rotatable bonds is 5. The molecule has 1 N–H and O–H groups in total. The van der Waals surface area contributed by atoms with Gasteiger partial charge in [-0.3, -0.25) is 0 Å². The number of ether oxygens (including phenoxy) is 2. The average molecular weight is 417 g/mol. The van der Waals surface area contributed by atoms with E-state index in [2.05, 4.69) is 47.1 Å². The zero-order valence-electron chi connectivity index (χ0n) is 11.9. The first-order valence-electron chi connectivity index (χ1n) is 6.17. The molecule has 0 aliphatic rings. The van der Waals surface area contributed by atoms with Crippen LogP contribution in [0.15, 0.2) is 33.3 Å². The van der Waals surface area contributed by atoms with Crippen molar-refractivity contribution in [2.75, 3.05) is 21.3 Å². The molecule has 0 aliphatic heterocycles. The van der Waals surface area contributed by atoms with Crippen LogP contribution in [-0.2, 0) is 0 Å². The summed E-state index contributed by atoms with van der Waals surface area (Å²) in [5, 5.41) is 3.24. The molecule has 1 heterocycles. The van der Waals surface area contributed by atoms with E-state index in [-0.39, 0.29) is 6.04 Å². The minimum Gasteiger partial charge on any atom is -0.480 e. The Hall–Kier alpha value is -1.18. The summed E-state index contributed by atoms with van der Waals surface area (Å²) in [6, 6.07) is 5.81.